The lowest BCUT2D eigenvalue weighted by atomic mass is 9.96. The highest BCUT2D eigenvalue weighted by molar-refractivity contribution is 6.35. The molecule has 0 fully saturated rings. The summed E-state index contributed by atoms with van der Waals surface area (Å²) in [5.74, 6) is -5.10. The lowest BCUT2D eigenvalue weighted by Gasteiger charge is -2.26. The molecular formula is C45H54Cl2N2O14. The number of hydrogen-bond acceptors (Lipinski definition) is 11. The predicted molar refractivity (Wildman–Crippen MR) is 237 cm³/mol. The molecule has 8 N–H and O–H groups in total. The van der Waals surface area contributed by atoms with Crippen LogP contribution in [0.3, 0.4) is 0 Å². The first-order valence-electron chi connectivity index (χ1n) is 19.0. The largest absolute Gasteiger partial charge is 0.497 e. The maximum Gasteiger partial charge on any atom is 0.336 e. The van der Waals surface area contributed by atoms with Crippen LogP contribution < -0.4 is 19.9 Å². The minimum atomic E-state index is -2.74. The molecule has 0 spiro atoms. The fraction of sp³-hybridized carbons (Fsp3) is 0.311. The van der Waals surface area contributed by atoms with Crippen molar-refractivity contribution in [2.24, 2.45) is 11.7 Å². The van der Waals surface area contributed by atoms with E-state index in [1.54, 1.807) is 25.3 Å². The quantitative estimate of drug-likeness (QED) is 0.0454. The molecule has 0 heterocycles. The summed E-state index contributed by atoms with van der Waals surface area (Å²) < 4.78 is 17.6. The molecule has 0 aliphatic heterocycles. The molecule has 0 aliphatic carbocycles. The molecule has 16 nitrogen and oxygen atoms in total. The van der Waals surface area contributed by atoms with E-state index < -0.39 is 48.3 Å². The minimum Gasteiger partial charge on any atom is -0.497 e. The van der Waals surface area contributed by atoms with Crippen LogP contribution in [0.2, 0.25) is 10.0 Å². The van der Waals surface area contributed by atoms with Gasteiger partial charge in [0.25, 0.3) is 0 Å². The highest BCUT2D eigenvalue weighted by Crippen LogP contribution is 2.34. The van der Waals surface area contributed by atoms with Crippen molar-refractivity contribution < 1.29 is 68.8 Å². The first-order chi connectivity index (χ1) is 29.6. The molecule has 4 rings (SSSR count). The summed E-state index contributed by atoms with van der Waals surface area (Å²) in [5.41, 5.74) is 5.33. The van der Waals surface area contributed by atoms with Gasteiger partial charge in [-0.25, -0.2) is 14.4 Å². The van der Waals surface area contributed by atoms with Gasteiger partial charge in [-0.15, -0.1) is 0 Å². The van der Waals surface area contributed by atoms with Crippen molar-refractivity contribution in [1.29, 1.82) is 0 Å². The van der Waals surface area contributed by atoms with Gasteiger partial charge in [0.1, 0.15) is 29.5 Å². The maximum absolute atomic E-state index is 10.3. The summed E-state index contributed by atoms with van der Waals surface area (Å²) in [6.07, 6.45) is -0.368. The van der Waals surface area contributed by atoms with Crippen LogP contribution in [0.4, 0.5) is 0 Å². The molecule has 0 saturated carbocycles. The van der Waals surface area contributed by atoms with Gasteiger partial charge in [0.2, 0.25) is 0 Å². The Morgan fingerprint density at radius 1 is 0.714 bits per heavy atom. The fourth-order valence-corrected chi connectivity index (χ4v) is 5.58. The minimum absolute atomic E-state index is 0.0192. The normalized spacial score (nSPS) is 12.6. The molecule has 63 heavy (non-hydrogen) atoms. The Bertz CT molecular complexity index is 2040. The van der Waals surface area contributed by atoms with Crippen LogP contribution in [0.1, 0.15) is 56.4 Å². The zero-order valence-electron chi connectivity index (χ0n) is 35.3. The summed E-state index contributed by atoms with van der Waals surface area (Å²) >= 11 is 12.1. The number of nitrogens with two attached hydrogens (primary N) is 1. The number of carboxylic acids is 5. The van der Waals surface area contributed by atoms with E-state index in [-0.39, 0.29) is 18.1 Å². The SMILES string of the molecule is CC(CN)C(Oc1ccc(Cl)cc1Cl)c1ccccc1.COc1cccc(OC(CC(C)N(C)C)c2ccccc2)c1.O=C(O)/C=C\C(=O)O.O=C(O)CC(O)(CC(=O)O)C(=O)O. The number of aliphatic carboxylic acids is 5. The van der Waals surface area contributed by atoms with E-state index >= 15 is 0 Å². The van der Waals surface area contributed by atoms with Crippen molar-refractivity contribution in [3.05, 3.63) is 136 Å². The number of methoxy groups -OCH3 is 1. The smallest absolute Gasteiger partial charge is 0.336 e. The highest BCUT2D eigenvalue weighted by atomic mass is 35.5. The standard InChI is InChI=1S/C19H25NO2.C16H17Cl2NO.C6H8O7.C4H4O4/c1-15(20(2)3)13-19(16-9-6-5-7-10-16)22-18-12-8-11-17(14-18)21-4;1-11(10-19)16(12-5-3-2-4-6-12)20-15-8-7-13(17)9-14(15)18;7-3(8)1-6(13,5(11)12)2-4(9)10;5-3(6)1-2-4(7)8/h5-12,14-15,19H,13H2,1-4H3;2-9,11,16H,10,19H2,1H3;13H,1-2H2,(H,7,8)(H,9,10)(H,11,12);1-2H,(H,5,6)(H,7,8)/b;;;2-1-. The van der Waals surface area contributed by atoms with E-state index in [9.17, 15) is 24.0 Å². The number of aliphatic hydroxyl groups is 1. The van der Waals surface area contributed by atoms with Crippen LogP contribution in [0, 0.1) is 5.92 Å². The van der Waals surface area contributed by atoms with Gasteiger partial charge in [-0.2, -0.15) is 0 Å². The topological polar surface area (TPSA) is 264 Å². The van der Waals surface area contributed by atoms with Crippen molar-refractivity contribution in [2.75, 3.05) is 27.7 Å². The predicted octanol–water partition coefficient (Wildman–Crippen LogP) is 7.33. The summed E-state index contributed by atoms with van der Waals surface area (Å²) in [5, 5.41) is 50.5. The van der Waals surface area contributed by atoms with Gasteiger partial charge in [-0.3, -0.25) is 9.59 Å². The summed E-state index contributed by atoms with van der Waals surface area (Å²) in [7, 11) is 5.86. The third-order valence-corrected chi connectivity index (χ3v) is 9.28. The Kier molecular flexibility index (Phi) is 24.8. The number of hydrogen-bond donors (Lipinski definition) is 7. The Morgan fingerprint density at radius 2 is 1.22 bits per heavy atom. The highest BCUT2D eigenvalue weighted by Gasteiger charge is 2.40. The molecule has 342 valence electrons. The zero-order chi connectivity index (χ0) is 47.7. The van der Waals surface area contributed by atoms with Crippen LogP contribution >= 0.6 is 23.2 Å². The van der Waals surface area contributed by atoms with Crippen molar-refractivity contribution >= 4 is 53.0 Å². The Morgan fingerprint density at radius 3 is 1.65 bits per heavy atom. The Hall–Kier alpha value is -6.17. The van der Waals surface area contributed by atoms with Crippen molar-refractivity contribution in [2.45, 2.75) is 57.0 Å². The van der Waals surface area contributed by atoms with E-state index in [2.05, 4.69) is 57.1 Å². The van der Waals surface area contributed by atoms with Gasteiger partial charge in [0.05, 0.1) is 25.0 Å². The van der Waals surface area contributed by atoms with Gasteiger partial charge < -0.3 is 55.5 Å². The third-order valence-electron chi connectivity index (χ3n) is 8.75. The molecule has 4 aromatic carbocycles. The number of carbonyl (C=O) groups is 5. The molecule has 18 heteroatoms. The van der Waals surface area contributed by atoms with Crippen LogP contribution in [-0.4, -0.2) is 105 Å². The molecule has 0 bridgehead atoms. The van der Waals surface area contributed by atoms with E-state index in [0.717, 1.165) is 23.5 Å². The molecule has 0 aliphatic rings. The number of halogens is 2. The summed E-state index contributed by atoms with van der Waals surface area (Å²) in [4.78, 5) is 51.8. The number of nitrogens with zero attached hydrogens (tertiary/aromatic N) is 1. The Labute approximate surface area is 375 Å². The molecule has 0 amide bonds. The van der Waals surface area contributed by atoms with Gasteiger partial charge in [0.15, 0.2) is 5.60 Å². The lowest BCUT2D eigenvalue weighted by molar-refractivity contribution is -0.170. The molecule has 0 aromatic heterocycles. The van der Waals surface area contributed by atoms with Gasteiger partial charge >= 0.3 is 29.8 Å². The molecule has 4 unspecified atom stereocenters. The molecule has 4 aromatic rings. The molecule has 0 radical (unpaired) electrons. The number of benzene rings is 4. The third kappa shape index (κ3) is 22.0. The zero-order valence-corrected chi connectivity index (χ0v) is 36.8. The van der Waals surface area contributed by atoms with Crippen LogP contribution in [0.25, 0.3) is 0 Å². The van der Waals surface area contributed by atoms with E-state index in [4.69, 9.17) is 73.8 Å². The monoisotopic (exact) mass is 916 g/mol. The van der Waals surface area contributed by atoms with Gasteiger partial charge in [0, 0.05) is 41.6 Å². The van der Waals surface area contributed by atoms with E-state index in [1.165, 1.54) is 5.56 Å². The van der Waals surface area contributed by atoms with Crippen LogP contribution in [0.15, 0.2) is 115 Å². The number of rotatable bonds is 19. The van der Waals surface area contributed by atoms with Crippen LogP contribution in [0.5, 0.6) is 17.2 Å². The van der Waals surface area contributed by atoms with Gasteiger partial charge in [-0.1, -0.05) is 96.9 Å². The Balaban J connectivity index is 0.000000446. The average molecular weight is 918 g/mol. The summed E-state index contributed by atoms with van der Waals surface area (Å²) in [6, 6.07) is 33.8. The molecule has 0 saturated heterocycles. The summed E-state index contributed by atoms with van der Waals surface area (Å²) in [6.45, 7) is 4.80. The van der Waals surface area contributed by atoms with E-state index in [0.29, 0.717) is 40.5 Å². The maximum atomic E-state index is 10.3. The second-order valence-electron chi connectivity index (χ2n) is 14.0. The second kappa shape index (κ2) is 28.4. The van der Waals surface area contributed by atoms with Crippen molar-refractivity contribution in [1.82, 2.24) is 4.90 Å². The van der Waals surface area contributed by atoms with E-state index in [1.807, 2.05) is 60.7 Å². The number of carboxylic acid groups (broad SMARTS) is 5. The first-order valence-corrected chi connectivity index (χ1v) is 19.8. The molecule has 4 atom stereocenters. The first kappa shape index (κ1) is 54.8. The second-order valence-corrected chi connectivity index (χ2v) is 14.8. The average Bonchev–Trinajstić information content (AvgIpc) is 3.23. The van der Waals surface area contributed by atoms with Gasteiger partial charge in [-0.05, 0) is 69.0 Å². The van der Waals surface area contributed by atoms with Crippen LogP contribution in [-0.2, 0) is 24.0 Å². The van der Waals surface area contributed by atoms with Crippen molar-refractivity contribution in [3.8, 4) is 17.2 Å². The fourth-order valence-electron chi connectivity index (χ4n) is 5.12. The van der Waals surface area contributed by atoms with Crippen molar-refractivity contribution in [3.63, 3.8) is 0 Å². The lowest BCUT2D eigenvalue weighted by Crippen LogP contribution is -2.42. The molecular weight excluding hydrogens is 863 g/mol. The number of ether oxygens (including phenoxy) is 3.